The molecule has 0 radical (unpaired) electrons. The van der Waals surface area contributed by atoms with E-state index in [-0.39, 0.29) is 24.4 Å². The summed E-state index contributed by atoms with van der Waals surface area (Å²) in [5.41, 5.74) is 1.96. The maximum Gasteiger partial charge on any atom is 0.511 e. The lowest BCUT2D eigenvalue weighted by Crippen LogP contribution is -2.45. The number of anilines is 1. The monoisotopic (exact) mass is 613 g/mol. The van der Waals surface area contributed by atoms with Gasteiger partial charge in [-0.15, -0.1) is 0 Å². The summed E-state index contributed by atoms with van der Waals surface area (Å²) in [6.45, 7) is 1.26. The summed E-state index contributed by atoms with van der Waals surface area (Å²) in [5, 5.41) is 9.00. The molecule has 10 nitrogen and oxygen atoms in total. The number of allylic oxidation sites excluding steroid dienone is 2. The van der Waals surface area contributed by atoms with Crippen molar-refractivity contribution in [3.63, 3.8) is 0 Å². The van der Waals surface area contributed by atoms with Gasteiger partial charge in [0.2, 0.25) is 0 Å². The van der Waals surface area contributed by atoms with Gasteiger partial charge >= 0.3 is 12.3 Å². The van der Waals surface area contributed by atoms with Crippen molar-refractivity contribution in [3.05, 3.63) is 82.5 Å². The number of ether oxygens (including phenoxy) is 1. The average Bonchev–Trinajstić information content (AvgIpc) is 3.42. The fraction of sp³-hybridized carbons (Fsp3) is 0.419. The molecule has 1 fully saturated rings. The molecule has 1 N–H and O–H groups in total. The summed E-state index contributed by atoms with van der Waals surface area (Å²) < 4.78 is 47.0. The van der Waals surface area contributed by atoms with Gasteiger partial charge in [0.05, 0.1) is 6.04 Å². The molecule has 1 atom stereocenters. The maximum atomic E-state index is 14.2. The maximum absolute atomic E-state index is 14.2. The molecule has 234 valence electrons. The number of carbonyl (C=O) groups is 3. The number of piperidine rings is 1. The number of fused-ring (bicyclic) bond motifs is 1. The van der Waals surface area contributed by atoms with E-state index in [1.54, 1.807) is 56.5 Å². The van der Waals surface area contributed by atoms with E-state index in [0.29, 0.717) is 55.6 Å². The van der Waals surface area contributed by atoms with Crippen LogP contribution < -0.4 is 4.90 Å². The van der Waals surface area contributed by atoms with Gasteiger partial charge < -0.3 is 29.4 Å². The van der Waals surface area contributed by atoms with Crippen LogP contribution in [-0.4, -0.2) is 95.8 Å². The Labute approximate surface area is 253 Å². The van der Waals surface area contributed by atoms with Crippen LogP contribution in [0, 0.1) is 0 Å². The molecule has 1 unspecified atom stereocenters. The Morgan fingerprint density at radius 2 is 1.75 bits per heavy atom. The molecule has 0 saturated carbocycles. The number of rotatable bonds is 6. The smallest absolute Gasteiger partial charge is 0.449 e. The fourth-order valence-electron chi connectivity index (χ4n) is 6.23. The molecule has 2 aliphatic heterocycles. The molecule has 1 saturated heterocycles. The molecule has 2 aromatic rings. The summed E-state index contributed by atoms with van der Waals surface area (Å²) in [5.74, 6) is -1.17. The van der Waals surface area contributed by atoms with Gasteiger partial charge in [0, 0.05) is 64.3 Å². The summed E-state index contributed by atoms with van der Waals surface area (Å²) in [6, 6.07) is 8.06. The van der Waals surface area contributed by atoms with Crippen LogP contribution in [0.5, 0.6) is 0 Å². The van der Waals surface area contributed by atoms with Gasteiger partial charge in [0.1, 0.15) is 5.69 Å². The molecule has 1 aliphatic carbocycles. The van der Waals surface area contributed by atoms with Gasteiger partial charge in [-0.05, 0) is 67.2 Å². The third kappa shape index (κ3) is 6.22. The zero-order valence-electron chi connectivity index (χ0n) is 24.7. The van der Waals surface area contributed by atoms with Crippen LogP contribution >= 0.6 is 0 Å². The van der Waals surface area contributed by atoms with Crippen LogP contribution in [0.1, 0.15) is 57.3 Å². The highest BCUT2D eigenvalue weighted by Crippen LogP contribution is 2.44. The second-order valence-corrected chi connectivity index (χ2v) is 11.3. The second-order valence-electron chi connectivity index (χ2n) is 11.3. The fourth-order valence-corrected chi connectivity index (χ4v) is 6.23. The topological polar surface area (TPSA) is 107 Å². The summed E-state index contributed by atoms with van der Waals surface area (Å²) >= 11 is 0. The van der Waals surface area contributed by atoms with E-state index in [9.17, 15) is 27.6 Å². The van der Waals surface area contributed by atoms with E-state index in [1.165, 1.54) is 11.0 Å². The predicted molar refractivity (Wildman–Crippen MR) is 155 cm³/mol. The van der Waals surface area contributed by atoms with Gasteiger partial charge in [0.15, 0.2) is 11.5 Å². The van der Waals surface area contributed by atoms with E-state index < -0.39 is 29.8 Å². The Morgan fingerprint density at radius 1 is 1.02 bits per heavy atom. The van der Waals surface area contributed by atoms with Crippen LogP contribution in [0.15, 0.2) is 60.1 Å². The number of amides is 2. The van der Waals surface area contributed by atoms with Gasteiger partial charge in [-0.3, -0.25) is 14.6 Å². The molecule has 1 aromatic carbocycles. The van der Waals surface area contributed by atoms with Gasteiger partial charge in [-0.2, -0.15) is 13.2 Å². The Hall–Kier alpha value is -4.55. The molecule has 3 heterocycles. The Morgan fingerprint density at radius 3 is 2.41 bits per heavy atom. The SMILES string of the molecule is CN(C)C(=O)c1cc(N2CCC(N(C)C(=O)c3ccc4c(c3)C(N3CC=CC(OC(=O)O)=C3C(F)(F)F)CC4)CC2)ccn1. The molecule has 2 amide bonds. The van der Waals surface area contributed by atoms with E-state index in [1.807, 2.05) is 6.07 Å². The van der Waals surface area contributed by atoms with Crippen molar-refractivity contribution in [2.24, 2.45) is 0 Å². The lowest BCUT2D eigenvalue weighted by molar-refractivity contribution is -0.118. The number of hydrogen-bond acceptors (Lipinski definition) is 7. The second kappa shape index (κ2) is 12.2. The van der Waals surface area contributed by atoms with Crippen LogP contribution in [-0.2, 0) is 11.2 Å². The number of benzene rings is 1. The number of carbonyl (C=O) groups excluding carboxylic acids is 2. The summed E-state index contributed by atoms with van der Waals surface area (Å²) in [4.78, 5) is 47.7. The Kier molecular flexibility index (Phi) is 8.57. The highest BCUT2D eigenvalue weighted by molar-refractivity contribution is 5.95. The van der Waals surface area contributed by atoms with Gasteiger partial charge in [-0.1, -0.05) is 12.1 Å². The summed E-state index contributed by atoms with van der Waals surface area (Å²) in [6.07, 6.45) is -0.294. The number of aromatic nitrogens is 1. The lowest BCUT2D eigenvalue weighted by Gasteiger charge is -2.38. The molecule has 44 heavy (non-hydrogen) atoms. The number of nitrogens with zero attached hydrogens (tertiary/aromatic N) is 5. The zero-order chi connectivity index (χ0) is 31.8. The number of alkyl halides is 3. The van der Waals surface area contributed by atoms with Gasteiger partial charge in [0.25, 0.3) is 11.8 Å². The quantitative estimate of drug-likeness (QED) is 0.461. The molecule has 5 rings (SSSR count). The van der Waals surface area contributed by atoms with Crippen molar-refractivity contribution < 1.29 is 37.4 Å². The summed E-state index contributed by atoms with van der Waals surface area (Å²) in [7, 11) is 5.08. The number of pyridine rings is 1. The minimum atomic E-state index is -4.85. The highest BCUT2D eigenvalue weighted by atomic mass is 19.4. The molecule has 13 heteroatoms. The number of halogens is 3. The average molecular weight is 614 g/mol. The van der Waals surface area contributed by atoms with Crippen molar-refractivity contribution in [1.29, 1.82) is 0 Å². The number of hydrogen-bond donors (Lipinski definition) is 1. The van der Waals surface area contributed by atoms with E-state index in [4.69, 9.17) is 5.11 Å². The first-order valence-electron chi connectivity index (χ1n) is 14.3. The van der Waals surface area contributed by atoms with Crippen molar-refractivity contribution >= 4 is 23.7 Å². The third-order valence-corrected chi connectivity index (χ3v) is 8.44. The van der Waals surface area contributed by atoms with Crippen molar-refractivity contribution in [1.82, 2.24) is 19.7 Å². The van der Waals surface area contributed by atoms with Crippen LogP contribution in [0.3, 0.4) is 0 Å². The largest absolute Gasteiger partial charge is 0.511 e. The predicted octanol–water partition coefficient (Wildman–Crippen LogP) is 4.85. The molecule has 3 aliphatic rings. The number of carboxylic acid groups (broad SMARTS) is 1. The van der Waals surface area contributed by atoms with Crippen molar-refractivity contribution in [3.8, 4) is 0 Å². The normalized spacial score (nSPS) is 18.7. The minimum absolute atomic E-state index is 0.0461. The van der Waals surface area contributed by atoms with Crippen molar-refractivity contribution in [2.75, 3.05) is 45.7 Å². The third-order valence-electron chi connectivity index (χ3n) is 8.44. The number of aryl methyl sites for hydroxylation is 1. The molecule has 0 bridgehead atoms. The molecule has 1 aromatic heterocycles. The Bertz CT molecular complexity index is 1510. The Balaban J connectivity index is 1.30. The minimum Gasteiger partial charge on any atom is -0.449 e. The zero-order valence-corrected chi connectivity index (χ0v) is 24.7. The van der Waals surface area contributed by atoms with Crippen LogP contribution in [0.25, 0.3) is 0 Å². The first kappa shape index (κ1) is 30.9. The molecular weight excluding hydrogens is 579 g/mol. The first-order valence-corrected chi connectivity index (χ1v) is 14.3. The lowest BCUT2D eigenvalue weighted by atomic mass is 9.99. The standard InChI is InChI=1S/C31H34F3N5O5/c1-36(2)29(41)24-18-22(10-13-35-24)38-15-11-21(12-16-38)37(3)28(40)20-7-6-19-8-9-25(23(19)17-20)39-14-4-5-26(44-30(42)43)27(39)31(32,33)34/h4-7,10,13,17-18,21,25H,8-9,11-12,14-16H2,1-3H3,(H,42,43). The van der Waals surface area contributed by atoms with Crippen molar-refractivity contribution in [2.45, 2.75) is 43.9 Å². The van der Waals surface area contributed by atoms with Gasteiger partial charge in [-0.25, -0.2) is 4.79 Å². The van der Waals surface area contributed by atoms with E-state index in [0.717, 1.165) is 22.2 Å². The van der Waals surface area contributed by atoms with Crippen LogP contribution in [0.4, 0.5) is 23.7 Å². The first-order chi connectivity index (χ1) is 20.8. The van der Waals surface area contributed by atoms with E-state index in [2.05, 4.69) is 14.6 Å². The van der Waals surface area contributed by atoms with E-state index >= 15 is 0 Å². The molecular formula is C31H34F3N5O5. The highest BCUT2D eigenvalue weighted by Gasteiger charge is 2.46. The van der Waals surface area contributed by atoms with Crippen LogP contribution in [0.2, 0.25) is 0 Å². The molecule has 0 spiro atoms.